The van der Waals surface area contributed by atoms with Crippen molar-refractivity contribution in [3.05, 3.63) is 64.9 Å². The standard InChI is InChI=1S/C26H30N2O3/c1-17(2)16-31-21-12-10-20(11-13-21)23-24(27-14-5-6-15-27)26(30)28(25(23)29)22-9-7-8-18(3)19(22)4/h7-13,17H,5-6,14-16H2,1-4H3. The number of benzene rings is 2. The molecule has 1 saturated heterocycles. The molecule has 2 heterocycles. The second kappa shape index (κ2) is 8.58. The fraction of sp³-hybridized carbons (Fsp3) is 0.385. The van der Waals surface area contributed by atoms with Crippen LogP contribution in [0.2, 0.25) is 0 Å². The number of hydrogen-bond donors (Lipinski definition) is 0. The maximum Gasteiger partial charge on any atom is 0.282 e. The van der Waals surface area contributed by atoms with Gasteiger partial charge in [-0.3, -0.25) is 9.59 Å². The fourth-order valence-corrected chi connectivity index (χ4v) is 4.19. The number of anilines is 1. The normalized spacial score (nSPS) is 16.8. The molecule has 2 aromatic carbocycles. The number of amides is 2. The molecular weight excluding hydrogens is 388 g/mol. The highest BCUT2D eigenvalue weighted by atomic mass is 16.5. The van der Waals surface area contributed by atoms with E-state index >= 15 is 0 Å². The minimum Gasteiger partial charge on any atom is -0.493 e. The highest BCUT2D eigenvalue weighted by molar-refractivity contribution is 6.45. The summed E-state index contributed by atoms with van der Waals surface area (Å²) in [4.78, 5) is 30.6. The molecule has 0 unspecified atom stereocenters. The van der Waals surface area contributed by atoms with Gasteiger partial charge in [-0.2, -0.15) is 0 Å². The van der Waals surface area contributed by atoms with Gasteiger partial charge in [-0.1, -0.05) is 38.1 Å². The van der Waals surface area contributed by atoms with Gasteiger partial charge >= 0.3 is 0 Å². The number of hydrogen-bond acceptors (Lipinski definition) is 4. The third kappa shape index (κ3) is 3.97. The average Bonchev–Trinajstić information content (AvgIpc) is 3.35. The van der Waals surface area contributed by atoms with Crippen LogP contribution in [0.25, 0.3) is 5.57 Å². The smallest absolute Gasteiger partial charge is 0.282 e. The summed E-state index contributed by atoms with van der Waals surface area (Å²) in [6.45, 7) is 10.4. The molecule has 2 aliphatic rings. The topological polar surface area (TPSA) is 49.9 Å². The van der Waals surface area contributed by atoms with Gasteiger partial charge in [0.15, 0.2) is 0 Å². The summed E-state index contributed by atoms with van der Waals surface area (Å²) >= 11 is 0. The van der Waals surface area contributed by atoms with Crippen molar-refractivity contribution >= 4 is 23.1 Å². The van der Waals surface area contributed by atoms with Crippen LogP contribution in [-0.4, -0.2) is 36.4 Å². The number of aryl methyl sites for hydroxylation is 1. The third-order valence-electron chi connectivity index (χ3n) is 6.02. The van der Waals surface area contributed by atoms with Crippen LogP contribution < -0.4 is 9.64 Å². The Hall–Kier alpha value is -3.08. The van der Waals surface area contributed by atoms with E-state index in [1.807, 2.05) is 56.3 Å². The first kappa shape index (κ1) is 21.2. The lowest BCUT2D eigenvalue weighted by atomic mass is 10.0. The van der Waals surface area contributed by atoms with Crippen molar-refractivity contribution in [1.82, 2.24) is 4.90 Å². The van der Waals surface area contributed by atoms with E-state index in [0.29, 0.717) is 29.5 Å². The van der Waals surface area contributed by atoms with E-state index in [9.17, 15) is 9.59 Å². The monoisotopic (exact) mass is 418 g/mol. The maximum atomic E-state index is 13.6. The van der Waals surface area contributed by atoms with Gasteiger partial charge < -0.3 is 9.64 Å². The van der Waals surface area contributed by atoms with E-state index < -0.39 is 0 Å². The molecule has 0 spiro atoms. The van der Waals surface area contributed by atoms with E-state index in [0.717, 1.165) is 48.4 Å². The molecule has 0 saturated carbocycles. The van der Waals surface area contributed by atoms with Crippen molar-refractivity contribution in [2.75, 3.05) is 24.6 Å². The van der Waals surface area contributed by atoms with Crippen LogP contribution >= 0.6 is 0 Å². The SMILES string of the molecule is Cc1cccc(N2C(=O)C(c3ccc(OCC(C)C)cc3)=C(N3CCCC3)C2=O)c1C. The van der Waals surface area contributed by atoms with Crippen molar-refractivity contribution in [2.24, 2.45) is 5.92 Å². The van der Waals surface area contributed by atoms with Crippen molar-refractivity contribution in [3.63, 3.8) is 0 Å². The lowest BCUT2D eigenvalue weighted by molar-refractivity contribution is -0.120. The second-order valence-corrected chi connectivity index (χ2v) is 8.81. The summed E-state index contributed by atoms with van der Waals surface area (Å²) in [5, 5.41) is 0. The lowest BCUT2D eigenvalue weighted by Crippen LogP contribution is -2.35. The quantitative estimate of drug-likeness (QED) is 0.637. The van der Waals surface area contributed by atoms with Gasteiger partial charge in [0, 0.05) is 13.1 Å². The van der Waals surface area contributed by atoms with Crippen LogP contribution in [0.15, 0.2) is 48.2 Å². The molecule has 5 nitrogen and oxygen atoms in total. The lowest BCUT2D eigenvalue weighted by Gasteiger charge is -2.21. The van der Waals surface area contributed by atoms with Crippen molar-refractivity contribution in [3.8, 4) is 5.75 Å². The molecule has 0 aromatic heterocycles. The summed E-state index contributed by atoms with van der Waals surface area (Å²) < 4.78 is 5.79. The first-order valence-electron chi connectivity index (χ1n) is 11.1. The van der Waals surface area contributed by atoms with E-state index in [4.69, 9.17) is 4.74 Å². The molecular formula is C26H30N2O3. The Morgan fingerprint density at radius 3 is 2.26 bits per heavy atom. The van der Waals surface area contributed by atoms with Crippen LogP contribution in [0, 0.1) is 19.8 Å². The zero-order valence-corrected chi connectivity index (χ0v) is 18.8. The Labute approximate surface area is 184 Å². The molecule has 0 radical (unpaired) electrons. The Bertz CT molecular complexity index is 1030. The molecule has 0 N–H and O–H groups in total. The molecule has 4 rings (SSSR count). The number of carbonyl (C=O) groups excluding carboxylic acids is 2. The van der Waals surface area contributed by atoms with Gasteiger partial charge in [-0.15, -0.1) is 0 Å². The number of imide groups is 1. The van der Waals surface area contributed by atoms with Crippen molar-refractivity contribution in [2.45, 2.75) is 40.5 Å². The molecule has 2 amide bonds. The minimum absolute atomic E-state index is 0.226. The van der Waals surface area contributed by atoms with E-state index in [-0.39, 0.29) is 11.8 Å². The number of likely N-dealkylation sites (tertiary alicyclic amines) is 1. The van der Waals surface area contributed by atoms with Gasteiger partial charge in [0.05, 0.1) is 17.9 Å². The van der Waals surface area contributed by atoms with E-state index in [2.05, 4.69) is 18.7 Å². The fourth-order valence-electron chi connectivity index (χ4n) is 4.19. The summed E-state index contributed by atoms with van der Waals surface area (Å²) in [6, 6.07) is 13.3. The van der Waals surface area contributed by atoms with E-state index in [1.165, 1.54) is 4.90 Å². The summed E-state index contributed by atoms with van der Waals surface area (Å²) in [7, 11) is 0. The minimum atomic E-state index is -0.253. The van der Waals surface area contributed by atoms with Crippen LogP contribution in [-0.2, 0) is 9.59 Å². The summed E-state index contributed by atoms with van der Waals surface area (Å²) in [5.74, 6) is 0.723. The molecule has 1 fully saturated rings. The van der Waals surface area contributed by atoms with Crippen LogP contribution in [0.4, 0.5) is 5.69 Å². The molecule has 2 aliphatic heterocycles. The number of nitrogens with zero attached hydrogens (tertiary/aromatic N) is 2. The first-order chi connectivity index (χ1) is 14.9. The van der Waals surface area contributed by atoms with Crippen LogP contribution in [0.1, 0.15) is 43.4 Å². The maximum absolute atomic E-state index is 13.6. The zero-order valence-electron chi connectivity index (χ0n) is 18.8. The van der Waals surface area contributed by atoms with Gasteiger partial charge in [-0.25, -0.2) is 4.90 Å². The average molecular weight is 419 g/mol. The van der Waals surface area contributed by atoms with Gasteiger partial charge in [0.1, 0.15) is 11.4 Å². The van der Waals surface area contributed by atoms with Gasteiger partial charge in [0.25, 0.3) is 11.8 Å². The first-order valence-corrected chi connectivity index (χ1v) is 11.1. The Morgan fingerprint density at radius 1 is 0.935 bits per heavy atom. The number of carbonyl (C=O) groups is 2. The molecule has 162 valence electrons. The molecule has 31 heavy (non-hydrogen) atoms. The predicted molar refractivity (Wildman–Crippen MR) is 123 cm³/mol. The van der Waals surface area contributed by atoms with Crippen molar-refractivity contribution < 1.29 is 14.3 Å². The Balaban J connectivity index is 1.74. The number of rotatable bonds is 6. The molecule has 2 aromatic rings. The summed E-state index contributed by atoms with van der Waals surface area (Å²) in [6.07, 6.45) is 2.06. The highest BCUT2D eigenvalue weighted by Crippen LogP contribution is 2.38. The molecule has 5 heteroatoms. The van der Waals surface area contributed by atoms with Crippen molar-refractivity contribution in [1.29, 1.82) is 0 Å². The number of ether oxygens (including phenoxy) is 1. The zero-order chi connectivity index (χ0) is 22.1. The Kier molecular flexibility index (Phi) is 5.86. The largest absolute Gasteiger partial charge is 0.493 e. The van der Waals surface area contributed by atoms with Crippen LogP contribution in [0.5, 0.6) is 5.75 Å². The molecule has 0 bridgehead atoms. The van der Waals surface area contributed by atoms with Gasteiger partial charge in [-0.05, 0) is 67.5 Å². The highest BCUT2D eigenvalue weighted by Gasteiger charge is 2.43. The molecule has 0 aliphatic carbocycles. The van der Waals surface area contributed by atoms with Crippen LogP contribution in [0.3, 0.4) is 0 Å². The third-order valence-corrected chi connectivity index (χ3v) is 6.02. The summed E-state index contributed by atoms with van der Waals surface area (Å²) in [5.41, 5.74) is 4.44. The second-order valence-electron chi connectivity index (χ2n) is 8.81. The predicted octanol–water partition coefficient (Wildman–Crippen LogP) is 4.72. The van der Waals surface area contributed by atoms with Gasteiger partial charge in [0.2, 0.25) is 0 Å². The van der Waals surface area contributed by atoms with E-state index in [1.54, 1.807) is 0 Å². The molecule has 0 atom stereocenters. The Morgan fingerprint density at radius 2 is 1.61 bits per heavy atom.